The van der Waals surface area contributed by atoms with Crippen molar-refractivity contribution in [1.82, 2.24) is 0 Å². The zero-order valence-corrected chi connectivity index (χ0v) is 14.3. The first-order chi connectivity index (χ1) is 11.0. The maximum absolute atomic E-state index is 11.9. The Balaban J connectivity index is 2.03. The van der Waals surface area contributed by atoms with E-state index in [1.807, 2.05) is 12.1 Å². The maximum Gasteiger partial charge on any atom is 0.262 e. The van der Waals surface area contributed by atoms with Crippen molar-refractivity contribution in [3.05, 3.63) is 52.5 Å². The number of anilines is 1. The fourth-order valence-corrected chi connectivity index (χ4v) is 2.18. The lowest BCUT2D eigenvalue weighted by atomic mass is 10.1. The summed E-state index contributed by atoms with van der Waals surface area (Å²) in [5.41, 5.74) is 1.07. The summed E-state index contributed by atoms with van der Waals surface area (Å²) in [6, 6.07) is 12.1. The molecule has 0 bridgehead atoms. The Morgan fingerprint density at radius 3 is 2.43 bits per heavy atom. The Hall–Kier alpha value is -2.34. The van der Waals surface area contributed by atoms with E-state index in [0.717, 1.165) is 4.47 Å². The number of halogens is 1. The van der Waals surface area contributed by atoms with E-state index >= 15 is 0 Å². The van der Waals surface area contributed by atoms with Crippen LogP contribution in [0, 0.1) is 0 Å². The van der Waals surface area contributed by atoms with Crippen molar-refractivity contribution in [2.75, 3.05) is 19.0 Å². The third-order valence-corrected chi connectivity index (χ3v) is 3.58. The third-order valence-electron chi connectivity index (χ3n) is 3.05. The second-order valence-corrected chi connectivity index (χ2v) is 5.68. The highest BCUT2D eigenvalue weighted by Crippen LogP contribution is 2.25. The van der Waals surface area contributed by atoms with Crippen LogP contribution in [-0.4, -0.2) is 25.4 Å². The van der Waals surface area contributed by atoms with Gasteiger partial charge in [-0.05, 0) is 43.3 Å². The first-order valence-electron chi connectivity index (χ1n) is 6.87. The van der Waals surface area contributed by atoms with Gasteiger partial charge in [0.2, 0.25) is 0 Å². The maximum atomic E-state index is 11.9. The molecule has 1 N–H and O–H groups in total. The van der Waals surface area contributed by atoms with Crippen molar-refractivity contribution in [3.63, 3.8) is 0 Å². The molecule has 1 amide bonds. The van der Waals surface area contributed by atoms with Crippen molar-refractivity contribution in [1.29, 1.82) is 0 Å². The largest absolute Gasteiger partial charge is 0.497 e. The van der Waals surface area contributed by atoms with Crippen molar-refractivity contribution >= 4 is 33.3 Å². The summed E-state index contributed by atoms with van der Waals surface area (Å²) in [6.45, 7) is 1.24. The van der Waals surface area contributed by atoms with Crippen molar-refractivity contribution < 1.29 is 19.1 Å². The zero-order valence-electron chi connectivity index (χ0n) is 12.8. The highest BCUT2D eigenvalue weighted by atomic mass is 79.9. The summed E-state index contributed by atoms with van der Waals surface area (Å²) in [5.74, 6) is 0.418. The number of amides is 1. The second-order valence-electron chi connectivity index (χ2n) is 4.76. The molecule has 0 saturated heterocycles. The average Bonchev–Trinajstić information content (AvgIpc) is 2.54. The monoisotopic (exact) mass is 377 g/mol. The first-order valence-corrected chi connectivity index (χ1v) is 7.66. The van der Waals surface area contributed by atoms with E-state index < -0.39 is 0 Å². The van der Waals surface area contributed by atoms with Gasteiger partial charge in [-0.1, -0.05) is 15.9 Å². The summed E-state index contributed by atoms with van der Waals surface area (Å²) in [5, 5.41) is 2.72. The van der Waals surface area contributed by atoms with Crippen molar-refractivity contribution in [2.45, 2.75) is 6.92 Å². The van der Waals surface area contributed by atoms with Gasteiger partial charge in [0.05, 0.1) is 12.7 Å². The van der Waals surface area contributed by atoms with Gasteiger partial charge in [0.15, 0.2) is 12.4 Å². The molecule has 5 nitrogen and oxygen atoms in total. The van der Waals surface area contributed by atoms with E-state index in [4.69, 9.17) is 9.47 Å². The summed E-state index contributed by atoms with van der Waals surface area (Å²) < 4.78 is 11.5. The molecule has 0 aliphatic heterocycles. The molecule has 0 heterocycles. The number of nitrogens with one attached hydrogen (secondary N) is 1. The highest BCUT2D eigenvalue weighted by molar-refractivity contribution is 9.10. The van der Waals surface area contributed by atoms with Crippen LogP contribution in [0.25, 0.3) is 0 Å². The van der Waals surface area contributed by atoms with Crippen LogP contribution < -0.4 is 14.8 Å². The fourth-order valence-electron chi connectivity index (χ4n) is 1.91. The number of ketones is 1. The molecule has 2 aromatic carbocycles. The SMILES string of the molecule is COc1ccc(C(C)=O)c(OCC(=O)Nc2ccc(Br)cc2)c1. The summed E-state index contributed by atoms with van der Waals surface area (Å²) in [4.78, 5) is 23.5. The molecule has 0 aromatic heterocycles. The Kier molecular flexibility index (Phi) is 5.76. The van der Waals surface area contributed by atoms with Gasteiger partial charge < -0.3 is 14.8 Å². The number of rotatable bonds is 6. The minimum atomic E-state index is -0.315. The number of ether oxygens (including phenoxy) is 2. The Bertz CT molecular complexity index is 713. The molecule has 0 saturated carbocycles. The molecular weight excluding hydrogens is 362 g/mol. The molecule has 0 unspecified atom stereocenters. The number of methoxy groups -OCH3 is 1. The predicted molar refractivity (Wildman–Crippen MR) is 91.3 cm³/mol. The van der Waals surface area contributed by atoms with Crippen LogP contribution >= 0.6 is 15.9 Å². The van der Waals surface area contributed by atoms with Crippen LogP contribution in [0.15, 0.2) is 46.9 Å². The summed E-state index contributed by atoms with van der Waals surface area (Å²) in [6.07, 6.45) is 0. The van der Waals surface area contributed by atoms with Gasteiger partial charge >= 0.3 is 0 Å². The van der Waals surface area contributed by atoms with E-state index in [9.17, 15) is 9.59 Å². The van der Waals surface area contributed by atoms with Crippen LogP contribution in [0.5, 0.6) is 11.5 Å². The number of Topliss-reactive ketones (excluding diaryl/α,β-unsaturated/α-hetero) is 1. The van der Waals surface area contributed by atoms with Crippen LogP contribution in [0.2, 0.25) is 0 Å². The average molecular weight is 378 g/mol. The Morgan fingerprint density at radius 1 is 1.13 bits per heavy atom. The first kappa shape index (κ1) is 17.0. The Labute approximate surface area is 142 Å². The highest BCUT2D eigenvalue weighted by Gasteiger charge is 2.12. The molecule has 0 spiro atoms. The lowest BCUT2D eigenvalue weighted by Crippen LogP contribution is -2.20. The Morgan fingerprint density at radius 2 is 1.83 bits per heavy atom. The topological polar surface area (TPSA) is 64.6 Å². The van der Waals surface area contributed by atoms with E-state index in [0.29, 0.717) is 22.7 Å². The summed E-state index contributed by atoms with van der Waals surface area (Å²) >= 11 is 3.33. The minimum absolute atomic E-state index is 0.143. The summed E-state index contributed by atoms with van der Waals surface area (Å²) in [7, 11) is 1.52. The molecule has 2 rings (SSSR count). The molecule has 120 valence electrons. The van der Waals surface area contributed by atoms with Gasteiger partial charge in [0, 0.05) is 16.2 Å². The third kappa shape index (κ3) is 4.82. The van der Waals surface area contributed by atoms with Gasteiger partial charge in [0.1, 0.15) is 11.5 Å². The molecular formula is C17H16BrNO4. The number of benzene rings is 2. The quantitative estimate of drug-likeness (QED) is 0.779. The lowest BCUT2D eigenvalue weighted by molar-refractivity contribution is -0.118. The van der Waals surface area contributed by atoms with Crippen LogP contribution in [0.4, 0.5) is 5.69 Å². The number of hydrogen-bond acceptors (Lipinski definition) is 4. The molecule has 0 atom stereocenters. The second kappa shape index (κ2) is 7.78. The van der Waals surface area contributed by atoms with Crippen LogP contribution in [-0.2, 0) is 4.79 Å². The van der Waals surface area contributed by atoms with E-state index in [-0.39, 0.29) is 18.3 Å². The van der Waals surface area contributed by atoms with Gasteiger partial charge in [-0.15, -0.1) is 0 Å². The van der Waals surface area contributed by atoms with Crippen molar-refractivity contribution in [2.24, 2.45) is 0 Å². The van der Waals surface area contributed by atoms with E-state index in [2.05, 4.69) is 21.2 Å². The normalized spacial score (nSPS) is 10.0. The number of hydrogen-bond donors (Lipinski definition) is 1. The predicted octanol–water partition coefficient (Wildman–Crippen LogP) is 3.68. The van der Waals surface area contributed by atoms with Gasteiger partial charge in [-0.3, -0.25) is 9.59 Å². The van der Waals surface area contributed by atoms with Crippen LogP contribution in [0.3, 0.4) is 0 Å². The number of carbonyl (C=O) groups excluding carboxylic acids is 2. The molecule has 0 fully saturated rings. The van der Waals surface area contributed by atoms with Gasteiger partial charge in [-0.25, -0.2) is 0 Å². The smallest absolute Gasteiger partial charge is 0.262 e. The zero-order chi connectivity index (χ0) is 16.8. The number of carbonyl (C=O) groups is 2. The van der Waals surface area contributed by atoms with Gasteiger partial charge in [0.25, 0.3) is 5.91 Å². The molecule has 0 aliphatic carbocycles. The molecule has 2 aromatic rings. The fraction of sp³-hybridized carbons (Fsp3) is 0.176. The van der Waals surface area contributed by atoms with E-state index in [1.165, 1.54) is 14.0 Å². The van der Waals surface area contributed by atoms with Gasteiger partial charge in [-0.2, -0.15) is 0 Å². The molecule has 0 aliphatic rings. The van der Waals surface area contributed by atoms with E-state index in [1.54, 1.807) is 30.3 Å². The standard InChI is InChI=1S/C17H16BrNO4/c1-11(20)15-8-7-14(22-2)9-16(15)23-10-17(21)19-13-5-3-12(18)4-6-13/h3-9H,10H2,1-2H3,(H,19,21). The van der Waals surface area contributed by atoms with Crippen LogP contribution in [0.1, 0.15) is 17.3 Å². The van der Waals surface area contributed by atoms with Crippen molar-refractivity contribution in [3.8, 4) is 11.5 Å². The molecule has 0 radical (unpaired) electrons. The lowest BCUT2D eigenvalue weighted by Gasteiger charge is -2.11. The molecule has 6 heteroatoms. The molecule has 23 heavy (non-hydrogen) atoms. The minimum Gasteiger partial charge on any atom is -0.497 e.